The third-order valence-corrected chi connectivity index (χ3v) is 5.74. The lowest BCUT2D eigenvalue weighted by Crippen LogP contribution is -2.54. The van der Waals surface area contributed by atoms with Gasteiger partial charge in [-0.1, -0.05) is 42.5 Å². The molecule has 2 aromatic rings. The maximum Gasteiger partial charge on any atom is 0.300 e. The van der Waals surface area contributed by atoms with Crippen molar-refractivity contribution in [3.8, 4) is 5.75 Å². The summed E-state index contributed by atoms with van der Waals surface area (Å²) in [4.78, 5) is 60.6. The number of aliphatic carboxylic acids is 1. The number of aliphatic hydroxyl groups is 1. The minimum absolute atomic E-state index is 0.0506. The lowest BCUT2D eigenvalue weighted by molar-refractivity contribution is -0.139. The largest absolute Gasteiger partial charge is 0.508 e. The first-order chi connectivity index (χ1) is 19.3. The number of hydrogen-bond donors (Lipinski definition) is 7. The zero-order valence-electron chi connectivity index (χ0n) is 23.4. The first kappa shape index (κ1) is 34.5. The highest BCUT2D eigenvalue weighted by Crippen LogP contribution is 2.11. The molecule has 0 aliphatic carbocycles. The van der Waals surface area contributed by atoms with Crippen LogP contribution in [-0.4, -0.2) is 94.7 Å². The van der Waals surface area contributed by atoms with Gasteiger partial charge in [0.2, 0.25) is 23.6 Å². The van der Waals surface area contributed by atoms with Crippen LogP contribution in [0.15, 0.2) is 54.6 Å². The highest BCUT2D eigenvalue weighted by Gasteiger charge is 2.28. The summed E-state index contributed by atoms with van der Waals surface area (Å²) in [7, 11) is 1.47. The second-order valence-corrected chi connectivity index (χ2v) is 9.17. The number of carbonyl (C=O) groups excluding carboxylic acids is 4. The van der Waals surface area contributed by atoms with Crippen molar-refractivity contribution in [2.24, 2.45) is 5.73 Å². The van der Waals surface area contributed by atoms with Crippen LogP contribution in [0, 0.1) is 0 Å². The lowest BCUT2D eigenvalue weighted by atomic mass is 10.0. The summed E-state index contributed by atoms with van der Waals surface area (Å²) in [5.74, 6) is -2.79. The standard InChI is InChI=1S/C26H35N5O6.C2H4O2/c1-17(30-25(36)21(27)14-19-8-10-20(33)11-9-19)24(35)29-16-23(34)31(2)22(26(37)28-12-13-32)15-18-6-4-3-5-7-18;1-2(3)4/h3-11,17,21-22,32-33H,12-16,27H2,1-2H3,(H,28,37)(H,29,35)(H,30,36);1H3,(H,3,4). The van der Waals surface area contributed by atoms with Crippen molar-refractivity contribution in [2.75, 3.05) is 26.7 Å². The van der Waals surface area contributed by atoms with E-state index in [4.69, 9.17) is 20.7 Å². The van der Waals surface area contributed by atoms with Gasteiger partial charge in [0.25, 0.3) is 5.97 Å². The van der Waals surface area contributed by atoms with Crippen LogP contribution in [0.1, 0.15) is 25.0 Å². The monoisotopic (exact) mass is 573 g/mol. The van der Waals surface area contributed by atoms with Gasteiger partial charge in [-0.3, -0.25) is 24.0 Å². The molecule has 3 atom stereocenters. The number of rotatable bonds is 13. The molecule has 224 valence electrons. The number of amides is 4. The van der Waals surface area contributed by atoms with Crippen molar-refractivity contribution in [3.63, 3.8) is 0 Å². The molecule has 8 N–H and O–H groups in total. The van der Waals surface area contributed by atoms with E-state index in [1.807, 2.05) is 30.3 Å². The van der Waals surface area contributed by atoms with E-state index in [2.05, 4.69) is 16.0 Å². The number of carbonyl (C=O) groups is 5. The van der Waals surface area contributed by atoms with Crippen molar-refractivity contribution in [1.82, 2.24) is 20.9 Å². The van der Waals surface area contributed by atoms with Gasteiger partial charge in [-0.25, -0.2) is 0 Å². The fourth-order valence-corrected chi connectivity index (χ4v) is 3.52. The average Bonchev–Trinajstić information content (AvgIpc) is 2.94. The predicted molar refractivity (Wildman–Crippen MR) is 151 cm³/mol. The lowest BCUT2D eigenvalue weighted by Gasteiger charge is -2.28. The Labute approximate surface area is 238 Å². The SMILES string of the molecule is CC(=O)O.CC(NC(=O)C(N)Cc1ccc(O)cc1)C(=O)NCC(=O)N(C)C(Cc1ccccc1)C(=O)NCCO. The molecule has 13 nitrogen and oxygen atoms in total. The summed E-state index contributed by atoms with van der Waals surface area (Å²) >= 11 is 0. The molecule has 2 rings (SSSR count). The smallest absolute Gasteiger partial charge is 0.300 e. The molecule has 0 fully saturated rings. The zero-order chi connectivity index (χ0) is 30.9. The summed E-state index contributed by atoms with van der Waals surface area (Å²) in [6, 6.07) is 12.7. The van der Waals surface area contributed by atoms with Gasteiger partial charge in [-0.15, -0.1) is 0 Å². The molecule has 0 saturated heterocycles. The van der Waals surface area contributed by atoms with Crippen molar-refractivity contribution in [1.29, 1.82) is 0 Å². The maximum absolute atomic E-state index is 12.8. The number of carboxylic acids is 1. The van der Waals surface area contributed by atoms with Crippen molar-refractivity contribution < 1.29 is 39.3 Å². The van der Waals surface area contributed by atoms with Crippen molar-refractivity contribution >= 4 is 29.6 Å². The minimum Gasteiger partial charge on any atom is -0.508 e. The van der Waals surface area contributed by atoms with Gasteiger partial charge in [0.15, 0.2) is 0 Å². The molecule has 0 heterocycles. The topological polar surface area (TPSA) is 211 Å². The first-order valence-corrected chi connectivity index (χ1v) is 12.8. The van der Waals surface area contributed by atoms with E-state index in [1.165, 1.54) is 31.0 Å². The van der Waals surface area contributed by atoms with Gasteiger partial charge in [0, 0.05) is 26.9 Å². The number of phenolic OH excluding ortho intramolecular Hbond substituents is 1. The molecule has 0 saturated carbocycles. The van der Waals surface area contributed by atoms with Crippen LogP contribution < -0.4 is 21.7 Å². The predicted octanol–water partition coefficient (Wildman–Crippen LogP) is -0.848. The molecule has 13 heteroatoms. The number of nitrogens with zero attached hydrogens (tertiary/aromatic N) is 1. The van der Waals surface area contributed by atoms with E-state index in [0.29, 0.717) is 0 Å². The van der Waals surface area contributed by atoms with Gasteiger partial charge >= 0.3 is 0 Å². The molecule has 0 aromatic heterocycles. The number of aliphatic hydroxyl groups excluding tert-OH is 1. The molecule has 0 aliphatic heterocycles. The van der Waals surface area contributed by atoms with Gasteiger partial charge in [-0.05, 0) is 36.6 Å². The molecule has 2 aromatic carbocycles. The molecule has 41 heavy (non-hydrogen) atoms. The number of nitrogens with two attached hydrogens (primary N) is 1. The number of phenols is 1. The second-order valence-electron chi connectivity index (χ2n) is 9.17. The minimum atomic E-state index is -0.954. The van der Waals surface area contributed by atoms with Gasteiger partial charge < -0.3 is 41.9 Å². The number of nitrogens with one attached hydrogen (secondary N) is 3. The normalized spacial score (nSPS) is 12.4. The molecular formula is C28H39N5O8. The van der Waals surface area contributed by atoms with Crippen LogP contribution in [0.5, 0.6) is 5.75 Å². The Hall–Kier alpha value is -4.49. The van der Waals surface area contributed by atoms with E-state index < -0.39 is 47.7 Å². The Kier molecular flexibility index (Phi) is 15.1. The molecule has 0 radical (unpaired) electrons. The molecule has 0 aliphatic rings. The summed E-state index contributed by atoms with van der Waals surface area (Å²) < 4.78 is 0. The first-order valence-electron chi connectivity index (χ1n) is 12.8. The van der Waals surface area contributed by atoms with Crippen molar-refractivity contribution in [3.05, 3.63) is 65.7 Å². The Morgan fingerprint density at radius 1 is 0.878 bits per heavy atom. The van der Waals surface area contributed by atoms with E-state index in [0.717, 1.165) is 18.1 Å². The number of carboxylic acid groups (broad SMARTS) is 1. The Morgan fingerprint density at radius 3 is 2.00 bits per heavy atom. The highest BCUT2D eigenvalue weighted by atomic mass is 16.4. The third-order valence-electron chi connectivity index (χ3n) is 5.74. The summed E-state index contributed by atoms with van der Waals surface area (Å²) in [6.07, 6.45) is 0.463. The van der Waals surface area contributed by atoms with Gasteiger partial charge in [-0.2, -0.15) is 0 Å². The summed E-state index contributed by atoms with van der Waals surface area (Å²) in [5, 5.41) is 33.4. The molecule has 4 amide bonds. The Morgan fingerprint density at radius 2 is 1.44 bits per heavy atom. The van der Waals surface area contributed by atoms with Gasteiger partial charge in [0.05, 0.1) is 19.2 Å². The summed E-state index contributed by atoms with van der Waals surface area (Å²) in [6.45, 7) is 1.98. The van der Waals surface area contributed by atoms with E-state index in [9.17, 15) is 24.3 Å². The van der Waals surface area contributed by atoms with Crippen LogP contribution in [0.4, 0.5) is 0 Å². The molecular weight excluding hydrogens is 534 g/mol. The molecule has 0 bridgehead atoms. The highest BCUT2D eigenvalue weighted by molar-refractivity contribution is 5.93. The maximum atomic E-state index is 12.8. The number of likely N-dealkylation sites (N-methyl/N-ethyl adjacent to an activating group) is 1. The van der Waals surface area contributed by atoms with Gasteiger partial charge in [0.1, 0.15) is 17.8 Å². The van der Waals surface area contributed by atoms with Crippen LogP contribution in [0.3, 0.4) is 0 Å². The molecule has 0 spiro atoms. The Balaban J connectivity index is 0.00000196. The van der Waals surface area contributed by atoms with E-state index >= 15 is 0 Å². The van der Waals surface area contributed by atoms with Crippen LogP contribution in [0.2, 0.25) is 0 Å². The fraction of sp³-hybridized carbons (Fsp3) is 0.393. The third kappa shape index (κ3) is 13.4. The number of aromatic hydroxyl groups is 1. The van der Waals surface area contributed by atoms with E-state index in [-0.39, 0.29) is 38.3 Å². The van der Waals surface area contributed by atoms with Crippen LogP contribution in [0.25, 0.3) is 0 Å². The molecule has 3 unspecified atom stereocenters. The number of hydrogen-bond acceptors (Lipinski definition) is 8. The average molecular weight is 574 g/mol. The number of benzene rings is 2. The fourth-order valence-electron chi connectivity index (χ4n) is 3.52. The van der Waals surface area contributed by atoms with Crippen molar-refractivity contribution in [2.45, 2.75) is 44.8 Å². The zero-order valence-corrected chi connectivity index (χ0v) is 23.4. The second kappa shape index (κ2) is 18.0. The van der Waals surface area contributed by atoms with E-state index in [1.54, 1.807) is 12.1 Å². The van der Waals surface area contributed by atoms with Crippen LogP contribution >= 0.6 is 0 Å². The Bertz CT molecular complexity index is 1140. The van der Waals surface area contributed by atoms with Crippen LogP contribution in [-0.2, 0) is 36.8 Å². The quantitative estimate of drug-likeness (QED) is 0.159. The summed E-state index contributed by atoms with van der Waals surface area (Å²) in [5.41, 5.74) is 7.53.